The molecule has 0 aromatic rings. The van der Waals surface area contributed by atoms with Crippen molar-refractivity contribution in [3.63, 3.8) is 0 Å². The third-order valence-corrected chi connectivity index (χ3v) is 2.50. The minimum atomic E-state index is -7.12. The fourth-order valence-corrected chi connectivity index (χ4v) is 1.17. The Balaban J connectivity index is 6.18. The first kappa shape index (κ1) is 26.0. The molecular weight excluding hydrogens is 444 g/mol. The molecule has 0 radical (unpaired) electrons. The predicted octanol–water partition coefficient (Wildman–Crippen LogP) is 3.01. The van der Waals surface area contributed by atoms with Crippen LogP contribution in [0, 0.1) is 0 Å². The first-order valence-corrected chi connectivity index (χ1v) is 5.97. The lowest BCUT2D eigenvalue weighted by Gasteiger charge is -2.35. The topological polar surface area (TPSA) is 71.1 Å². The number of carbonyl (C=O) groups is 2. The van der Waals surface area contributed by atoms with Gasteiger partial charge in [-0.2, -0.15) is 52.7 Å². The smallest absolute Gasteiger partial charge is 0.460 e. The lowest BCUT2D eigenvalue weighted by Crippen LogP contribution is -2.62. The Morgan fingerprint density at radius 3 is 0.893 bits per heavy atom. The summed E-state index contributed by atoms with van der Waals surface area (Å²) in [5.41, 5.74) is 0. The number of methoxy groups -OCH3 is 2. The summed E-state index contributed by atoms with van der Waals surface area (Å²) in [7, 11) is -0.0713. The Bertz CT molecular complexity index is 549. The van der Waals surface area contributed by atoms with Crippen LogP contribution >= 0.6 is 0 Å². The van der Waals surface area contributed by atoms with Gasteiger partial charge >= 0.3 is 48.2 Å². The van der Waals surface area contributed by atoms with Crippen LogP contribution in [0.3, 0.4) is 0 Å². The summed E-state index contributed by atoms with van der Waals surface area (Å²) in [5, 5.41) is 0. The minimum Gasteiger partial charge on any atom is -0.465 e. The van der Waals surface area contributed by atoms with Crippen molar-refractivity contribution in [3.8, 4) is 0 Å². The van der Waals surface area contributed by atoms with Crippen LogP contribution in [0.15, 0.2) is 0 Å². The number of alkyl halides is 12. The lowest BCUT2D eigenvalue weighted by molar-refractivity contribution is -0.512. The van der Waals surface area contributed by atoms with Gasteiger partial charge in [0.2, 0.25) is 0 Å². The van der Waals surface area contributed by atoms with E-state index in [9.17, 15) is 62.3 Å². The van der Waals surface area contributed by atoms with E-state index in [0.29, 0.717) is 0 Å². The molecule has 0 N–H and O–H groups in total. The van der Waals surface area contributed by atoms with Crippen molar-refractivity contribution < 1.29 is 81.2 Å². The summed E-state index contributed by atoms with van der Waals surface area (Å²) >= 11 is 0. The van der Waals surface area contributed by atoms with Crippen molar-refractivity contribution in [1.82, 2.24) is 0 Å². The van der Waals surface area contributed by atoms with Crippen molar-refractivity contribution in [2.24, 2.45) is 0 Å². The third kappa shape index (κ3) is 4.53. The molecule has 2 atom stereocenters. The number of rotatable bonds is 7. The van der Waals surface area contributed by atoms with E-state index in [0.717, 1.165) is 0 Å². The Kier molecular flexibility index (Phi) is 6.92. The highest BCUT2D eigenvalue weighted by atomic mass is 19.4. The molecular formula is C10H6F12O6. The highest BCUT2D eigenvalue weighted by Gasteiger charge is 2.78. The van der Waals surface area contributed by atoms with Crippen molar-refractivity contribution in [2.45, 2.75) is 36.3 Å². The average molecular weight is 450 g/mol. The van der Waals surface area contributed by atoms with Crippen molar-refractivity contribution in [3.05, 3.63) is 0 Å². The number of ether oxygens (including phenoxy) is 4. The number of hydrogen-bond acceptors (Lipinski definition) is 6. The van der Waals surface area contributed by atoms with Crippen LogP contribution in [-0.2, 0) is 28.5 Å². The van der Waals surface area contributed by atoms with E-state index in [1.54, 1.807) is 0 Å². The van der Waals surface area contributed by atoms with Crippen LogP contribution in [0.4, 0.5) is 52.7 Å². The van der Waals surface area contributed by atoms with Crippen LogP contribution in [0.1, 0.15) is 0 Å². The van der Waals surface area contributed by atoms with Gasteiger partial charge in [0.1, 0.15) is 0 Å². The summed E-state index contributed by atoms with van der Waals surface area (Å²) in [6.07, 6.45) is -27.9. The molecule has 0 saturated heterocycles. The van der Waals surface area contributed by atoms with E-state index in [1.165, 1.54) is 0 Å². The Morgan fingerprint density at radius 2 is 0.750 bits per heavy atom. The number of esters is 2. The monoisotopic (exact) mass is 450 g/mol. The first-order valence-electron chi connectivity index (χ1n) is 5.97. The molecule has 166 valence electrons. The summed E-state index contributed by atoms with van der Waals surface area (Å²) in [6, 6.07) is 0. The number of carbonyl (C=O) groups excluding carboxylic acids is 2. The van der Waals surface area contributed by atoms with E-state index >= 15 is 0 Å². The van der Waals surface area contributed by atoms with Gasteiger partial charge in [0.05, 0.1) is 14.2 Å². The average Bonchev–Trinajstić information content (AvgIpc) is 2.49. The van der Waals surface area contributed by atoms with Crippen molar-refractivity contribution in [2.75, 3.05) is 14.2 Å². The second kappa shape index (κ2) is 7.45. The fourth-order valence-electron chi connectivity index (χ4n) is 1.17. The van der Waals surface area contributed by atoms with Gasteiger partial charge in [-0.25, -0.2) is 9.59 Å². The Hall–Kier alpha value is -1.98. The van der Waals surface area contributed by atoms with E-state index in [2.05, 4.69) is 9.47 Å². The molecule has 6 nitrogen and oxygen atoms in total. The highest BCUT2D eigenvalue weighted by Crippen LogP contribution is 2.49. The predicted molar refractivity (Wildman–Crippen MR) is 55.9 cm³/mol. The molecule has 0 rings (SSSR count). The van der Waals surface area contributed by atoms with Gasteiger partial charge in [0, 0.05) is 0 Å². The van der Waals surface area contributed by atoms with E-state index in [4.69, 9.17) is 0 Å². The zero-order valence-corrected chi connectivity index (χ0v) is 13.0. The minimum absolute atomic E-state index is 0.0357. The van der Waals surface area contributed by atoms with Gasteiger partial charge in [0.25, 0.3) is 0 Å². The molecule has 0 aromatic heterocycles. The summed E-state index contributed by atoms with van der Waals surface area (Å²) in [5.74, 6) is -19.5. The summed E-state index contributed by atoms with van der Waals surface area (Å²) in [6.45, 7) is 0. The van der Waals surface area contributed by atoms with Crippen LogP contribution in [0.25, 0.3) is 0 Å². The maximum absolute atomic E-state index is 13.5. The van der Waals surface area contributed by atoms with Crippen LogP contribution in [0.5, 0.6) is 0 Å². The molecule has 0 spiro atoms. The largest absolute Gasteiger partial charge is 0.465 e. The Morgan fingerprint density at radius 1 is 0.536 bits per heavy atom. The molecule has 0 aliphatic rings. The highest BCUT2D eigenvalue weighted by molar-refractivity contribution is 5.79. The number of halogens is 12. The molecule has 0 bridgehead atoms. The van der Waals surface area contributed by atoms with Crippen LogP contribution < -0.4 is 0 Å². The fraction of sp³-hybridized carbons (Fsp3) is 0.800. The maximum Gasteiger partial charge on any atom is 0.460 e. The molecule has 0 saturated carbocycles. The summed E-state index contributed by atoms with van der Waals surface area (Å²) in [4.78, 5) is 21.4. The number of hydrogen-bond donors (Lipinski definition) is 0. The third-order valence-electron chi connectivity index (χ3n) is 2.50. The van der Waals surface area contributed by atoms with Gasteiger partial charge in [0.15, 0.2) is 0 Å². The van der Waals surface area contributed by atoms with Crippen molar-refractivity contribution >= 4 is 11.9 Å². The molecule has 0 unspecified atom stereocenters. The molecule has 0 aliphatic heterocycles. The van der Waals surface area contributed by atoms with Crippen molar-refractivity contribution in [1.29, 1.82) is 0 Å². The van der Waals surface area contributed by atoms with Crippen LogP contribution in [-0.4, -0.2) is 62.4 Å². The summed E-state index contributed by atoms with van der Waals surface area (Å²) < 4.78 is 165. The molecule has 18 heteroatoms. The molecule has 0 aliphatic carbocycles. The van der Waals surface area contributed by atoms with Gasteiger partial charge in [-0.3, -0.25) is 9.47 Å². The quantitative estimate of drug-likeness (QED) is 0.439. The lowest BCUT2D eigenvalue weighted by atomic mass is 10.3. The Labute approximate surface area is 145 Å². The second-order valence-electron chi connectivity index (χ2n) is 4.41. The molecule has 28 heavy (non-hydrogen) atoms. The van der Waals surface area contributed by atoms with E-state index in [1.807, 2.05) is 9.47 Å². The van der Waals surface area contributed by atoms with Gasteiger partial charge in [-0.15, -0.1) is 0 Å². The molecule has 0 aromatic carbocycles. The van der Waals surface area contributed by atoms with E-state index < -0.39 is 48.2 Å². The molecule has 0 amide bonds. The van der Waals surface area contributed by atoms with Gasteiger partial charge < -0.3 is 9.47 Å². The SMILES string of the molecule is COC(=O)[C@](F)(OC(F)(F)C(F)(F)O[C@](F)(C(=O)OC)C(F)(F)F)C(F)(F)F. The molecule has 0 fully saturated rings. The molecule has 0 heterocycles. The van der Waals surface area contributed by atoms with Gasteiger partial charge in [-0.1, -0.05) is 0 Å². The zero-order chi connectivity index (χ0) is 23.0. The first-order chi connectivity index (χ1) is 12.1. The maximum atomic E-state index is 13.5. The zero-order valence-electron chi connectivity index (χ0n) is 13.0. The second-order valence-corrected chi connectivity index (χ2v) is 4.41. The van der Waals surface area contributed by atoms with Crippen LogP contribution in [0.2, 0.25) is 0 Å². The normalized spacial score (nSPS) is 18.1. The standard InChI is InChI=1S/C10H6F12O6/c1-25-3(23)5(11,7(13,14)15)27-9(19,20)10(21,22)28-6(12,4(24)26-2)8(16,17)18/h1-2H3/t5-,6+. The van der Waals surface area contributed by atoms with Gasteiger partial charge in [-0.05, 0) is 0 Å². The van der Waals surface area contributed by atoms with E-state index in [-0.39, 0.29) is 14.2 Å².